The molecule has 0 radical (unpaired) electrons. The number of halogens is 1. The molecular weight excluding hydrogens is 580 g/mol. The molecule has 0 spiro atoms. The molecule has 0 aliphatic carbocycles. The van der Waals surface area contributed by atoms with Crippen LogP contribution >= 0.6 is 11.6 Å². The first-order valence-electron chi connectivity index (χ1n) is 14.4. The Kier molecular flexibility index (Phi) is 9.00. The van der Waals surface area contributed by atoms with Crippen molar-refractivity contribution in [2.24, 2.45) is 0 Å². The highest BCUT2D eigenvalue weighted by molar-refractivity contribution is 7.85. The maximum Gasteiger partial charge on any atom is 0.259 e. The van der Waals surface area contributed by atoms with Gasteiger partial charge in [0.05, 0.1) is 38.4 Å². The Labute approximate surface area is 259 Å². The number of amides is 2. The standard InChI is InChI=1S/C34H33ClN4O3S/c35-28-10-6-9-26(21-28)24-39-30-22-27(13-14-32(30)43(42)31-12-5-4-11-29(31)34(39)41)33(40)36-15-16-37-17-19-38(20-18-37)23-25-7-2-1-3-8-25/h1-14,21-22H,15-20,23-24H2,(H,36,40). The molecule has 220 valence electrons. The summed E-state index contributed by atoms with van der Waals surface area (Å²) in [6, 6.07) is 29.8. The Balaban J connectivity index is 1.14. The largest absolute Gasteiger partial charge is 0.351 e. The first kappa shape index (κ1) is 29.3. The fourth-order valence-electron chi connectivity index (χ4n) is 5.62. The third kappa shape index (κ3) is 6.73. The van der Waals surface area contributed by atoms with E-state index >= 15 is 0 Å². The van der Waals surface area contributed by atoms with E-state index in [0.29, 0.717) is 38.2 Å². The Morgan fingerprint density at radius 3 is 2.28 bits per heavy atom. The van der Waals surface area contributed by atoms with Gasteiger partial charge in [0.25, 0.3) is 11.8 Å². The summed E-state index contributed by atoms with van der Waals surface area (Å²) in [7, 11) is -1.59. The minimum atomic E-state index is -1.59. The molecule has 0 aromatic heterocycles. The third-order valence-corrected chi connectivity index (χ3v) is 9.67. The molecular formula is C34H33ClN4O3S. The van der Waals surface area contributed by atoms with E-state index in [1.54, 1.807) is 59.5 Å². The predicted molar refractivity (Wildman–Crippen MR) is 170 cm³/mol. The molecule has 2 heterocycles. The van der Waals surface area contributed by atoms with Crippen LogP contribution in [0.25, 0.3) is 0 Å². The lowest BCUT2D eigenvalue weighted by Gasteiger charge is -2.34. The molecule has 43 heavy (non-hydrogen) atoms. The Morgan fingerprint density at radius 2 is 1.49 bits per heavy atom. The second kappa shape index (κ2) is 13.2. The molecule has 2 amide bonds. The molecule has 7 nitrogen and oxygen atoms in total. The number of benzene rings is 4. The molecule has 1 fully saturated rings. The lowest BCUT2D eigenvalue weighted by atomic mass is 10.1. The van der Waals surface area contributed by atoms with Crippen molar-refractivity contribution in [2.45, 2.75) is 22.9 Å². The van der Waals surface area contributed by atoms with Gasteiger partial charge in [0, 0.05) is 56.4 Å². The number of carbonyl (C=O) groups excluding carboxylic acids is 2. The van der Waals surface area contributed by atoms with E-state index in [-0.39, 0.29) is 18.4 Å². The van der Waals surface area contributed by atoms with E-state index in [1.165, 1.54) is 5.56 Å². The number of rotatable bonds is 8. The number of piperazine rings is 1. The van der Waals surface area contributed by atoms with E-state index in [0.717, 1.165) is 44.8 Å². The average Bonchev–Trinajstić information content (AvgIpc) is 3.11. The van der Waals surface area contributed by atoms with Crippen molar-refractivity contribution in [3.05, 3.63) is 124 Å². The predicted octanol–water partition coefficient (Wildman–Crippen LogP) is 5.21. The topological polar surface area (TPSA) is 73.0 Å². The van der Waals surface area contributed by atoms with Gasteiger partial charge in [-0.15, -0.1) is 0 Å². The summed E-state index contributed by atoms with van der Waals surface area (Å²) >= 11 is 6.24. The Bertz CT molecular complexity index is 1660. The average molecular weight is 613 g/mol. The number of anilines is 1. The summed E-state index contributed by atoms with van der Waals surface area (Å²) in [4.78, 5) is 34.5. The minimum Gasteiger partial charge on any atom is -0.351 e. The quantitative estimate of drug-likeness (QED) is 0.296. The second-order valence-corrected chi connectivity index (χ2v) is 12.7. The van der Waals surface area contributed by atoms with Crippen LogP contribution in [-0.2, 0) is 23.9 Å². The number of nitrogens with one attached hydrogen (secondary N) is 1. The summed E-state index contributed by atoms with van der Waals surface area (Å²) in [5.41, 5.74) is 3.41. The number of hydrogen-bond donors (Lipinski definition) is 1. The van der Waals surface area contributed by atoms with Crippen LogP contribution in [0, 0.1) is 0 Å². The van der Waals surface area contributed by atoms with E-state index in [2.05, 4.69) is 39.4 Å². The van der Waals surface area contributed by atoms with Gasteiger partial charge in [-0.3, -0.25) is 19.4 Å². The summed E-state index contributed by atoms with van der Waals surface area (Å²) < 4.78 is 13.7. The fourth-order valence-corrected chi connectivity index (χ4v) is 7.18. The monoisotopic (exact) mass is 612 g/mol. The SMILES string of the molecule is O=C(NCCN1CCN(Cc2ccccc2)CC1)c1ccc2c(c1)N(Cc1cccc(Cl)c1)C(=O)c1ccccc1S2=O. The molecule has 1 saturated heterocycles. The van der Waals surface area contributed by atoms with Crippen LogP contribution in [0.5, 0.6) is 0 Å². The van der Waals surface area contributed by atoms with Crippen LogP contribution in [0.1, 0.15) is 31.8 Å². The van der Waals surface area contributed by atoms with Crippen LogP contribution in [0.2, 0.25) is 5.02 Å². The lowest BCUT2D eigenvalue weighted by Crippen LogP contribution is -2.48. The van der Waals surface area contributed by atoms with Gasteiger partial charge < -0.3 is 10.2 Å². The molecule has 4 aromatic carbocycles. The maximum absolute atomic E-state index is 13.8. The zero-order chi connectivity index (χ0) is 29.8. The van der Waals surface area contributed by atoms with Crippen molar-refractivity contribution in [3.8, 4) is 0 Å². The molecule has 0 saturated carbocycles. The highest BCUT2D eigenvalue weighted by Gasteiger charge is 2.31. The number of carbonyl (C=O) groups is 2. The zero-order valence-electron chi connectivity index (χ0n) is 23.7. The highest BCUT2D eigenvalue weighted by Crippen LogP contribution is 2.36. The molecule has 1 unspecified atom stereocenters. The van der Waals surface area contributed by atoms with Crippen LogP contribution in [0.4, 0.5) is 5.69 Å². The van der Waals surface area contributed by atoms with Crippen molar-refractivity contribution in [1.29, 1.82) is 0 Å². The lowest BCUT2D eigenvalue weighted by molar-refractivity contribution is 0.0932. The number of nitrogens with zero attached hydrogens (tertiary/aromatic N) is 3. The van der Waals surface area contributed by atoms with Crippen molar-refractivity contribution in [1.82, 2.24) is 15.1 Å². The van der Waals surface area contributed by atoms with E-state index in [4.69, 9.17) is 11.6 Å². The van der Waals surface area contributed by atoms with Crippen LogP contribution in [0.15, 0.2) is 107 Å². The van der Waals surface area contributed by atoms with Crippen molar-refractivity contribution < 1.29 is 13.8 Å². The van der Waals surface area contributed by atoms with Gasteiger partial charge >= 0.3 is 0 Å². The molecule has 0 bridgehead atoms. The van der Waals surface area contributed by atoms with Gasteiger partial charge in [0.15, 0.2) is 0 Å². The van der Waals surface area contributed by atoms with Crippen molar-refractivity contribution in [3.63, 3.8) is 0 Å². The summed E-state index contributed by atoms with van der Waals surface area (Å²) in [6.45, 7) is 6.33. The van der Waals surface area contributed by atoms with Gasteiger partial charge in [-0.05, 0) is 53.6 Å². The van der Waals surface area contributed by atoms with E-state index in [1.807, 2.05) is 18.2 Å². The van der Waals surface area contributed by atoms with Crippen molar-refractivity contribution >= 4 is 39.9 Å². The van der Waals surface area contributed by atoms with Gasteiger partial charge in [0.2, 0.25) is 0 Å². The summed E-state index contributed by atoms with van der Waals surface area (Å²) in [5, 5.41) is 3.60. The smallest absolute Gasteiger partial charge is 0.259 e. The first-order chi connectivity index (χ1) is 21.0. The normalized spacial score (nSPS) is 17.2. The third-order valence-electron chi connectivity index (χ3n) is 7.93. The fraction of sp³-hybridized carbons (Fsp3) is 0.235. The van der Waals surface area contributed by atoms with Gasteiger partial charge in [-0.1, -0.05) is 66.2 Å². The van der Waals surface area contributed by atoms with Gasteiger partial charge in [-0.25, -0.2) is 4.21 Å². The number of fused-ring (bicyclic) bond motifs is 2. The first-order valence-corrected chi connectivity index (χ1v) is 16.0. The molecule has 2 aliphatic heterocycles. The van der Waals surface area contributed by atoms with Crippen LogP contribution in [0.3, 0.4) is 0 Å². The van der Waals surface area contributed by atoms with Crippen LogP contribution < -0.4 is 10.2 Å². The molecule has 1 atom stereocenters. The molecule has 2 aliphatic rings. The highest BCUT2D eigenvalue weighted by atomic mass is 35.5. The van der Waals surface area contributed by atoms with Crippen LogP contribution in [-0.4, -0.2) is 65.1 Å². The maximum atomic E-state index is 13.8. The second-order valence-electron chi connectivity index (χ2n) is 10.8. The van der Waals surface area contributed by atoms with E-state index < -0.39 is 10.8 Å². The summed E-state index contributed by atoms with van der Waals surface area (Å²) in [5.74, 6) is -0.500. The Morgan fingerprint density at radius 1 is 0.767 bits per heavy atom. The molecule has 4 aromatic rings. The molecule has 9 heteroatoms. The van der Waals surface area contributed by atoms with E-state index in [9.17, 15) is 13.8 Å². The zero-order valence-corrected chi connectivity index (χ0v) is 25.3. The molecule has 6 rings (SSSR count). The van der Waals surface area contributed by atoms with Crippen molar-refractivity contribution in [2.75, 3.05) is 44.2 Å². The Hall–Kier alpha value is -3.82. The summed E-state index contributed by atoms with van der Waals surface area (Å²) in [6.07, 6.45) is 0. The minimum absolute atomic E-state index is 0.221. The van der Waals surface area contributed by atoms with Gasteiger partial charge in [0.1, 0.15) is 0 Å². The van der Waals surface area contributed by atoms with Gasteiger partial charge in [-0.2, -0.15) is 0 Å². The number of hydrogen-bond acceptors (Lipinski definition) is 5. The molecule has 1 N–H and O–H groups in total.